The van der Waals surface area contributed by atoms with Crippen LogP contribution in [0.15, 0.2) is 66.7 Å². The predicted octanol–water partition coefficient (Wildman–Crippen LogP) is 4.87. The van der Waals surface area contributed by atoms with E-state index in [0.717, 1.165) is 12.1 Å². The molecule has 0 aliphatic rings. The Morgan fingerprint density at radius 1 is 0.771 bits per heavy atom. The molecule has 0 saturated heterocycles. The Hall–Kier alpha value is -4.41. The fourth-order valence-corrected chi connectivity index (χ4v) is 2.89. The molecule has 8 nitrogen and oxygen atoms in total. The van der Waals surface area contributed by atoms with Gasteiger partial charge < -0.3 is 29.6 Å². The van der Waals surface area contributed by atoms with Crippen molar-refractivity contribution in [2.45, 2.75) is 6.36 Å². The highest BCUT2D eigenvalue weighted by Gasteiger charge is 2.31. The van der Waals surface area contributed by atoms with Gasteiger partial charge in [0.25, 0.3) is 11.8 Å². The molecule has 0 heterocycles. The molecule has 184 valence electrons. The van der Waals surface area contributed by atoms with E-state index in [9.17, 15) is 22.8 Å². The summed E-state index contributed by atoms with van der Waals surface area (Å²) in [4.78, 5) is 24.7. The molecular weight excluding hydrogens is 469 g/mol. The van der Waals surface area contributed by atoms with E-state index >= 15 is 0 Å². The molecule has 0 aliphatic carbocycles. The van der Waals surface area contributed by atoms with Crippen molar-refractivity contribution in [3.05, 3.63) is 72.3 Å². The van der Waals surface area contributed by atoms with Gasteiger partial charge in [0.1, 0.15) is 11.5 Å². The van der Waals surface area contributed by atoms with Crippen LogP contribution in [0.5, 0.6) is 23.0 Å². The molecule has 0 radical (unpaired) electrons. The third-order valence-electron chi connectivity index (χ3n) is 4.50. The van der Waals surface area contributed by atoms with E-state index in [1.165, 1.54) is 44.6 Å². The van der Waals surface area contributed by atoms with Gasteiger partial charge in [0.15, 0.2) is 18.1 Å². The maximum absolute atomic E-state index is 12.5. The second kappa shape index (κ2) is 11.1. The molecule has 0 fully saturated rings. The highest BCUT2D eigenvalue weighted by Crippen LogP contribution is 2.29. The Balaban J connectivity index is 1.58. The number of nitrogens with one attached hydrogen (secondary N) is 2. The number of alkyl halides is 3. The Labute approximate surface area is 198 Å². The molecule has 0 unspecified atom stereocenters. The number of methoxy groups -OCH3 is 2. The number of carbonyl (C=O) groups is 2. The number of rotatable bonds is 9. The van der Waals surface area contributed by atoms with Crippen molar-refractivity contribution in [2.75, 3.05) is 31.5 Å². The summed E-state index contributed by atoms with van der Waals surface area (Å²) in [6.07, 6.45) is -4.80. The van der Waals surface area contributed by atoms with Gasteiger partial charge in [0.2, 0.25) is 0 Å². The first-order valence-corrected chi connectivity index (χ1v) is 10.1. The third kappa shape index (κ3) is 7.56. The highest BCUT2D eigenvalue weighted by atomic mass is 19.4. The Morgan fingerprint density at radius 2 is 1.37 bits per heavy atom. The fraction of sp³-hybridized carbons (Fsp3) is 0.167. The zero-order chi connectivity index (χ0) is 25.4. The van der Waals surface area contributed by atoms with Crippen LogP contribution in [-0.4, -0.2) is 39.0 Å². The zero-order valence-corrected chi connectivity index (χ0v) is 18.6. The Morgan fingerprint density at radius 3 is 1.94 bits per heavy atom. The lowest BCUT2D eigenvalue weighted by Crippen LogP contribution is -2.20. The van der Waals surface area contributed by atoms with Crippen molar-refractivity contribution >= 4 is 23.2 Å². The summed E-state index contributed by atoms with van der Waals surface area (Å²) >= 11 is 0. The smallest absolute Gasteiger partial charge is 0.497 e. The lowest BCUT2D eigenvalue weighted by molar-refractivity contribution is -0.274. The van der Waals surface area contributed by atoms with E-state index < -0.39 is 23.9 Å². The number of halogens is 3. The summed E-state index contributed by atoms with van der Waals surface area (Å²) in [5.74, 6) is -0.240. The number of carbonyl (C=O) groups excluding carboxylic acids is 2. The molecule has 0 bridgehead atoms. The van der Waals surface area contributed by atoms with Gasteiger partial charge in [-0.25, -0.2) is 0 Å². The summed E-state index contributed by atoms with van der Waals surface area (Å²) in [7, 11) is 2.92. The normalized spacial score (nSPS) is 10.8. The second-order valence-electron chi connectivity index (χ2n) is 6.96. The lowest BCUT2D eigenvalue weighted by Gasteiger charge is -2.13. The van der Waals surface area contributed by atoms with Crippen LogP contribution < -0.4 is 29.6 Å². The quantitative estimate of drug-likeness (QED) is 0.444. The van der Waals surface area contributed by atoms with Crippen molar-refractivity contribution in [3.63, 3.8) is 0 Å². The van der Waals surface area contributed by atoms with Gasteiger partial charge in [0.05, 0.1) is 14.2 Å². The average Bonchev–Trinajstić information content (AvgIpc) is 2.83. The number of hydrogen-bond acceptors (Lipinski definition) is 6. The highest BCUT2D eigenvalue weighted by molar-refractivity contribution is 6.04. The number of benzene rings is 3. The van der Waals surface area contributed by atoms with Gasteiger partial charge in [0, 0.05) is 16.9 Å². The van der Waals surface area contributed by atoms with E-state index in [-0.39, 0.29) is 29.4 Å². The minimum atomic E-state index is -4.80. The summed E-state index contributed by atoms with van der Waals surface area (Å²) in [5, 5.41) is 5.24. The maximum atomic E-state index is 12.5. The largest absolute Gasteiger partial charge is 0.573 e. The SMILES string of the molecule is COc1ccc(NC(=O)COc2ccc(C(=O)Nc3ccc(OC(F)(F)F)cc3)cc2OC)cc1. The van der Waals surface area contributed by atoms with Crippen LogP contribution in [0.1, 0.15) is 10.4 Å². The van der Waals surface area contributed by atoms with E-state index in [4.69, 9.17) is 14.2 Å². The first-order chi connectivity index (χ1) is 16.7. The van der Waals surface area contributed by atoms with Crippen molar-refractivity contribution < 1.29 is 41.7 Å². The van der Waals surface area contributed by atoms with E-state index in [1.54, 1.807) is 24.3 Å². The summed E-state index contributed by atoms with van der Waals surface area (Å²) in [6, 6.07) is 15.8. The third-order valence-corrected chi connectivity index (χ3v) is 4.50. The molecule has 0 saturated carbocycles. The summed E-state index contributed by atoms with van der Waals surface area (Å²) in [6.45, 7) is -0.305. The van der Waals surface area contributed by atoms with Crippen LogP contribution in [0, 0.1) is 0 Å². The van der Waals surface area contributed by atoms with Crippen molar-refractivity contribution in [3.8, 4) is 23.0 Å². The van der Waals surface area contributed by atoms with Gasteiger partial charge in [-0.3, -0.25) is 9.59 Å². The number of hydrogen-bond donors (Lipinski definition) is 2. The van der Waals surface area contributed by atoms with Crippen LogP contribution in [0.25, 0.3) is 0 Å². The monoisotopic (exact) mass is 490 g/mol. The predicted molar refractivity (Wildman–Crippen MR) is 121 cm³/mol. The standard InChI is InChI=1S/C24H21F3N2O6/c1-32-18-8-4-16(5-9-18)28-22(30)14-34-20-12-3-15(13-21(20)33-2)23(31)29-17-6-10-19(11-7-17)35-24(25,26)27/h3-13H,14H2,1-2H3,(H,28,30)(H,29,31). The molecule has 0 spiro atoms. The van der Waals surface area contributed by atoms with E-state index in [1.807, 2.05) is 0 Å². The summed E-state index contributed by atoms with van der Waals surface area (Å²) < 4.78 is 56.4. The van der Waals surface area contributed by atoms with E-state index in [0.29, 0.717) is 11.4 Å². The van der Waals surface area contributed by atoms with Crippen molar-refractivity contribution in [2.24, 2.45) is 0 Å². The van der Waals surface area contributed by atoms with Crippen molar-refractivity contribution in [1.29, 1.82) is 0 Å². The first kappa shape index (κ1) is 25.2. The lowest BCUT2D eigenvalue weighted by atomic mass is 10.2. The molecule has 0 aromatic heterocycles. The molecule has 3 aromatic rings. The minimum Gasteiger partial charge on any atom is -0.497 e. The fourth-order valence-electron chi connectivity index (χ4n) is 2.89. The number of anilines is 2. The molecule has 0 aliphatic heterocycles. The van der Waals surface area contributed by atoms with Crippen LogP contribution in [-0.2, 0) is 4.79 Å². The van der Waals surface area contributed by atoms with Crippen molar-refractivity contribution in [1.82, 2.24) is 0 Å². The Kier molecular flexibility index (Phi) is 8.03. The first-order valence-electron chi connectivity index (χ1n) is 10.1. The maximum Gasteiger partial charge on any atom is 0.573 e. The molecular formula is C24H21F3N2O6. The molecule has 0 atom stereocenters. The topological polar surface area (TPSA) is 95.1 Å². The average molecular weight is 490 g/mol. The van der Waals surface area contributed by atoms with Gasteiger partial charge >= 0.3 is 6.36 Å². The Bertz CT molecular complexity index is 1170. The van der Waals surface area contributed by atoms with Gasteiger partial charge in [-0.1, -0.05) is 0 Å². The van der Waals surface area contributed by atoms with Crippen LogP contribution in [0.4, 0.5) is 24.5 Å². The van der Waals surface area contributed by atoms with E-state index in [2.05, 4.69) is 15.4 Å². The van der Waals surface area contributed by atoms with Gasteiger partial charge in [-0.2, -0.15) is 0 Å². The molecule has 3 rings (SSSR count). The van der Waals surface area contributed by atoms with Crippen LogP contribution in [0.3, 0.4) is 0 Å². The van der Waals surface area contributed by atoms with Crippen LogP contribution >= 0.6 is 0 Å². The summed E-state index contributed by atoms with van der Waals surface area (Å²) in [5.41, 5.74) is 1.03. The number of ether oxygens (including phenoxy) is 4. The second-order valence-corrected chi connectivity index (χ2v) is 6.96. The molecule has 3 aromatic carbocycles. The zero-order valence-electron chi connectivity index (χ0n) is 18.6. The molecule has 35 heavy (non-hydrogen) atoms. The number of amides is 2. The minimum absolute atomic E-state index is 0.201. The molecule has 11 heteroatoms. The van der Waals surface area contributed by atoms with Gasteiger partial charge in [-0.05, 0) is 66.7 Å². The molecule has 2 N–H and O–H groups in total. The molecule has 2 amide bonds. The van der Waals surface area contributed by atoms with Gasteiger partial charge in [-0.15, -0.1) is 13.2 Å². The van der Waals surface area contributed by atoms with Crippen LogP contribution in [0.2, 0.25) is 0 Å².